The maximum absolute atomic E-state index is 5.28. The average Bonchev–Trinajstić information content (AvgIpc) is 2.29. The molecule has 0 atom stereocenters. The lowest BCUT2D eigenvalue weighted by atomic mass is 10.1. The van der Waals surface area contributed by atoms with Gasteiger partial charge in [-0.15, -0.1) is 0 Å². The van der Waals surface area contributed by atoms with Gasteiger partial charge in [0.05, 0.1) is 6.67 Å². The SMILES string of the molecule is CN(CNN)Cc1ccc2ccccc2c1. The van der Waals surface area contributed by atoms with Crippen molar-refractivity contribution in [3.8, 4) is 0 Å². The van der Waals surface area contributed by atoms with Crippen LogP contribution in [0, 0.1) is 0 Å². The van der Waals surface area contributed by atoms with Crippen LogP contribution in [0.1, 0.15) is 5.56 Å². The van der Waals surface area contributed by atoms with Gasteiger partial charge in [0.1, 0.15) is 0 Å². The van der Waals surface area contributed by atoms with E-state index >= 15 is 0 Å². The lowest BCUT2D eigenvalue weighted by Gasteiger charge is -2.15. The van der Waals surface area contributed by atoms with Gasteiger partial charge in [0.15, 0.2) is 0 Å². The molecule has 0 aliphatic heterocycles. The van der Waals surface area contributed by atoms with E-state index in [-0.39, 0.29) is 0 Å². The van der Waals surface area contributed by atoms with E-state index in [2.05, 4.69) is 52.8 Å². The van der Waals surface area contributed by atoms with Crippen molar-refractivity contribution in [2.45, 2.75) is 6.54 Å². The number of nitrogens with one attached hydrogen (secondary N) is 1. The molecule has 2 aromatic carbocycles. The van der Waals surface area contributed by atoms with Gasteiger partial charge in [-0.2, -0.15) is 0 Å². The van der Waals surface area contributed by atoms with Crippen LogP contribution >= 0.6 is 0 Å². The number of fused-ring (bicyclic) bond motifs is 1. The number of nitrogens with two attached hydrogens (primary N) is 1. The Hall–Kier alpha value is -1.42. The molecule has 0 saturated carbocycles. The first-order valence-electron chi connectivity index (χ1n) is 5.39. The van der Waals surface area contributed by atoms with E-state index in [0.717, 1.165) is 6.54 Å². The zero-order chi connectivity index (χ0) is 11.4. The highest BCUT2D eigenvalue weighted by Gasteiger charge is 2.00. The third-order valence-electron chi connectivity index (χ3n) is 2.63. The molecular formula is C13H17N3. The molecule has 2 aromatic rings. The lowest BCUT2D eigenvalue weighted by molar-refractivity contribution is 0.302. The minimum absolute atomic E-state index is 0.687. The predicted octanol–water partition coefficient (Wildman–Crippen LogP) is 1.69. The molecule has 16 heavy (non-hydrogen) atoms. The van der Waals surface area contributed by atoms with Crippen molar-refractivity contribution in [3.05, 3.63) is 48.0 Å². The molecule has 84 valence electrons. The molecule has 0 aliphatic rings. The Kier molecular flexibility index (Phi) is 3.51. The average molecular weight is 215 g/mol. The Balaban J connectivity index is 2.19. The van der Waals surface area contributed by atoms with Gasteiger partial charge in [0, 0.05) is 6.54 Å². The van der Waals surface area contributed by atoms with Crippen LogP contribution < -0.4 is 11.3 Å². The van der Waals surface area contributed by atoms with Crippen molar-refractivity contribution < 1.29 is 0 Å². The highest BCUT2D eigenvalue weighted by atomic mass is 15.3. The van der Waals surface area contributed by atoms with Gasteiger partial charge in [-0.05, 0) is 29.4 Å². The van der Waals surface area contributed by atoms with E-state index in [4.69, 9.17) is 5.84 Å². The molecule has 0 amide bonds. The second-order valence-electron chi connectivity index (χ2n) is 4.06. The molecule has 0 heterocycles. The summed E-state index contributed by atoms with van der Waals surface area (Å²) in [4.78, 5) is 2.13. The molecule has 3 N–H and O–H groups in total. The van der Waals surface area contributed by atoms with Crippen LogP contribution in [0.25, 0.3) is 10.8 Å². The summed E-state index contributed by atoms with van der Waals surface area (Å²) in [5.41, 5.74) is 3.95. The molecule has 0 fully saturated rings. The summed E-state index contributed by atoms with van der Waals surface area (Å²) < 4.78 is 0. The predicted molar refractivity (Wildman–Crippen MR) is 67.6 cm³/mol. The quantitative estimate of drug-likeness (QED) is 0.463. The van der Waals surface area contributed by atoms with Crippen molar-refractivity contribution in [1.82, 2.24) is 10.3 Å². The number of hydrazine groups is 1. The van der Waals surface area contributed by atoms with Crippen LogP contribution in [0.2, 0.25) is 0 Å². The first-order valence-corrected chi connectivity index (χ1v) is 5.39. The van der Waals surface area contributed by atoms with Crippen molar-refractivity contribution in [2.75, 3.05) is 13.7 Å². The molecule has 0 unspecified atom stereocenters. The highest BCUT2D eigenvalue weighted by Crippen LogP contribution is 2.16. The third-order valence-corrected chi connectivity index (χ3v) is 2.63. The van der Waals surface area contributed by atoms with Crippen molar-refractivity contribution in [2.24, 2.45) is 5.84 Å². The number of hydrogen-bond donors (Lipinski definition) is 2. The first-order chi connectivity index (χ1) is 7.79. The van der Waals surface area contributed by atoms with Crippen LogP contribution in [0.4, 0.5) is 0 Å². The molecule has 0 aliphatic carbocycles. The van der Waals surface area contributed by atoms with E-state index < -0.39 is 0 Å². The Morgan fingerprint density at radius 3 is 2.62 bits per heavy atom. The summed E-state index contributed by atoms with van der Waals surface area (Å²) in [6, 6.07) is 14.9. The Bertz CT molecular complexity index is 467. The zero-order valence-corrected chi connectivity index (χ0v) is 9.48. The van der Waals surface area contributed by atoms with Crippen LogP contribution in [0.15, 0.2) is 42.5 Å². The fourth-order valence-electron chi connectivity index (χ4n) is 1.86. The van der Waals surface area contributed by atoms with Crippen LogP contribution in [-0.2, 0) is 6.54 Å². The second-order valence-corrected chi connectivity index (χ2v) is 4.06. The molecule has 0 bridgehead atoms. The summed E-state index contributed by atoms with van der Waals surface area (Å²) in [6.07, 6.45) is 0. The maximum Gasteiger partial charge on any atom is 0.0612 e. The number of benzene rings is 2. The molecule has 0 saturated heterocycles. The summed E-state index contributed by atoms with van der Waals surface area (Å²) in [6.45, 7) is 1.59. The van der Waals surface area contributed by atoms with Gasteiger partial charge in [0.25, 0.3) is 0 Å². The highest BCUT2D eigenvalue weighted by molar-refractivity contribution is 5.82. The van der Waals surface area contributed by atoms with Crippen molar-refractivity contribution in [3.63, 3.8) is 0 Å². The summed E-state index contributed by atoms with van der Waals surface area (Å²) >= 11 is 0. The molecule has 0 spiro atoms. The van der Waals surface area contributed by atoms with Crippen LogP contribution in [0.3, 0.4) is 0 Å². The van der Waals surface area contributed by atoms with E-state index in [9.17, 15) is 0 Å². The Morgan fingerprint density at radius 2 is 1.88 bits per heavy atom. The summed E-state index contributed by atoms with van der Waals surface area (Å²) in [5.74, 6) is 5.28. The fourth-order valence-corrected chi connectivity index (χ4v) is 1.86. The van der Waals surface area contributed by atoms with Gasteiger partial charge in [-0.25, -0.2) is 5.43 Å². The number of nitrogens with zero attached hydrogens (tertiary/aromatic N) is 1. The zero-order valence-electron chi connectivity index (χ0n) is 9.48. The van der Waals surface area contributed by atoms with Crippen LogP contribution in [0.5, 0.6) is 0 Å². The van der Waals surface area contributed by atoms with Crippen molar-refractivity contribution in [1.29, 1.82) is 0 Å². The topological polar surface area (TPSA) is 41.3 Å². The van der Waals surface area contributed by atoms with Crippen LogP contribution in [-0.4, -0.2) is 18.6 Å². The van der Waals surface area contributed by atoms with E-state index in [0.29, 0.717) is 6.67 Å². The standard InChI is InChI=1S/C13H17N3/c1-16(10-15-14)9-11-6-7-12-4-2-3-5-13(12)8-11/h2-8,15H,9-10,14H2,1H3. The van der Waals surface area contributed by atoms with Gasteiger partial charge < -0.3 is 0 Å². The van der Waals surface area contributed by atoms with Gasteiger partial charge in [0.2, 0.25) is 0 Å². The number of hydrogen-bond acceptors (Lipinski definition) is 3. The van der Waals surface area contributed by atoms with E-state index in [1.54, 1.807) is 0 Å². The molecule has 0 aromatic heterocycles. The fraction of sp³-hybridized carbons (Fsp3) is 0.231. The molecular weight excluding hydrogens is 198 g/mol. The normalized spacial score (nSPS) is 11.2. The smallest absolute Gasteiger partial charge is 0.0612 e. The van der Waals surface area contributed by atoms with Crippen molar-refractivity contribution >= 4 is 10.8 Å². The Labute approximate surface area is 95.8 Å². The monoisotopic (exact) mass is 215 g/mol. The number of rotatable bonds is 4. The molecule has 0 radical (unpaired) electrons. The minimum Gasteiger partial charge on any atom is -0.288 e. The van der Waals surface area contributed by atoms with E-state index in [1.807, 2.05) is 7.05 Å². The first kappa shape index (κ1) is 11.1. The summed E-state index contributed by atoms with van der Waals surface area (Å²) in [7, 11) is 2.04. The summed E-state index contributed by atoms with van der Waals surface area (Å²) in [5, 5.41) is 2.57. The second kappa shape index (κ2) is 5.07. The Morgan fingerprint density at radius 1 is 1.12 bits per heavy atom. The van der Waals surface area contributed by atoms with Gasteiger partial charge >= 0.3 is 0 Å². The maximum atomic E-state index is 5.28. The largest absolute Gasteiger partial charge is 0.288 e. The van der Waals surface area contributed by atoms with Gasteiger partial charge in [-0.1, -0.05) is 36.4 Å². The molecule has 2 rings (SSSR count). The third kappa shape index (κ3) is 2.58. The minimum atomic E-state index is 0.687. The lowest BCUT2D eigenvalue weighted by Crippen LogP contribution is -2.34. The molecule has 3 heteroatoms. The molecule has 3 nitrogen and oxygen atoms in total. The van der Waals surface area contributed by atoms with E-state index in [1.165, 1.54) is 16.3 Å². The van der Waals surface area contributed by atoms with Gasteiger partial charge in [-0.3, -0.25) is 10.7 Å².